The van der Waals surface area contributed by atoms with Crippen LogP contribution in [-0.4, -0.2) is 26.0 Å². The summed E-state index contributed by atoms with van der Waals surface area (Å²) in [5, 5.41) is 9.91. The van der Waals surface area contributed by atoms with Gasteiger partial charge in [-0.05, 0) is 66.4 Å². The fraction of sp³-hybridized carbons (Fsp3) is 0.160. The highest BCUT2D eigenvalue weighted by molar-refractivity contribution is 7.97. The first-order valence-corrected chi connectivity index (χ1v) is 12.2. The summed E-state index contributed by atoms with van der Waals surface area (Å²) in [5.74, 6) is 0.256. The number of fused-ring (bicyclic) bond motifs is 1. The van der Waals surface area contributed by atoms with Gasteiger partial charge in [-0.2, -0.15) is 0 Å². The Kier molecular flexibility index (Phi) is 5.32. The molecule has 1 fully saturated rings. The second kappa shape index (κ2) is 8.24. The standard InChI is InChI=1S/C25H20N2O7S/c1-15-8-16(2)10-20(9-15)26-24(28)23(12-17-6-7-21-22(11-17)34-14-33-21)35(31,32)25(26)18-4-3-5-19(13-18)27(29)30/h3-13,25H,14H2,1-2H3/b23-12-/t25-/m1/s1. The molecule has 3 aromatic rings. The molecule has 0 saturated carbocycles. The first-order chi connectivity index (χ1) is 16.6. The fourth-order valence-corrected chi connectivity index (χ4v) is 6.25. The normalized spacial score (nSPS) is 19.4. The Morgan fingerprint density at radius 3 is 2.43 bits per heavy atom. The summed E-state index contributed by atoms with van der Waals surface area (Å²) in [7, 11) is -4.27. The number of nitro benzene ring substituents is 1. The van der Waals surface area contributed by atoms with Gasteiger partial charge in [0.1, 0.15) is 4.91 Å². The maximum atomic E-state index is 13.8. The van der Waals surface area contributed by atoms with Gasteiger partial charge in [-0.1, -0.05) is 24.3 Å². The maximum Gasteiger partial charge on any atom is 0.271 e. The minimum absolute atomic E-state index is 0.0575. The van der Waals surface area contributed by atoms with Crippen LogP contribution in [0.3, 0.4) is 0 Å². The van der Waals surface area contributed by atoms with Crippen molar-refractivity contribution in [3.8, 4) is 11.5 Å². The Labute approximate surface area is 201 Å². The molecule has 0 spiro atoms. The van der Waals surface area contributed by atoms with E-state index >= 15 is 0 Å². The number of nitro groups is 1. The molecule has 0 unspecified atom stereocenters. The topological polar surface area (TPSA) is 116 Å². The van der Waals surface area contributed by atoms with E-state index in [1.807, 2.05) is 19.9 Å². The van der Waals surface area contributed by atoms with Gasteiger partial charge in [-0.25, -0.2) is 8.42 Å². The van der Waals surface area contributed by atoms with Crippen molar-refractivity contribution in [2.45, 2.75) is 19.2 Å². The summed E-state index contributed by atoms with van der Waals surface area (Å²) < 4.78 is 38.3. The Hall–Kier alpha value is -4.18. The number of carbonyl (C=O) groups excluding carboxylic acids is 1. The molecule has 0 bridgehead atoms. The molecular formula is C25H20N2O7S. The molecule has 2 aliphatic heterocycles. The zero-order valence-electron chi connectivity index (χ0n) is 18.8. The number of nitrogens with zero attached hydrogens (tertiary/aromatic N) is 2. The van der Waals surface area contributed by atoms with Gasteiger partial charge in [0.05, 0.1) is 4.92 Å². The van der Waals surface area contributed by atoms with Crippen molar-refractivity contribution in [1.82, 2.24) is 0 Å². The Morgan fingerprint density at radius 1 is 1.00 bits per heavy atom. The van der Waals surface area contributed by atoms with Crippen molar-refractivity contribution in [3.05, 3.63) is 97.9 Å². The van der Waals surface area contributed by atoms with Crippen LogP contribution in [0.4, 0.5) is 11.4 Å². The lowest BCUT2D eigenvalue weighted by Gasteiger charge is -2.24. The Morgan fingerprint density at radius 2 is 1.71 bits per heavy atom. The number of carbonyl (C=O) groups is 1. The lowest BCUT2D eigenvalue weighted by molar-refractivity contribution is -0.384. The number of sulfone groups is 1. The van der Waals surface area contributed by atoms with Crippen LogP contribution in [0, 0.1) is 24.0 Å². The molecule has 1 saturated heterocycles. The number of rotatable bonds is 4. The van der Waals surface area contributed by atoms with Crippen molar-refractivity contribution >= 4 is 33.2 Å². The molecule has 9 nitrogen and oxygen atoms in total. The van der Waals surface area contributed by atoms with Crippen LogP contribution < -0.4 is 14.4 Å². The molecule has 2 aliphatic rings. The maximum absolute atomic E-state index is 13.8. The third-order valence-electron chi connectivity index (χ3n) is 5.81. The van der Waals surface area contributed by atoms with Gasteiger partial charge in [0.2, 0.25) is 16.6 Å². The van der Waals surface area contributed by atoms with E-state index in [0.29, 0.717) is 22.7 Å². The first kappa shape index (κ1) is 22.6. The van der Waals surface area contributed by atoms with Gasteiger partial charge in [-0.3, -0.25) is 19.8 Å². The summed E-state index contributed by atoms with van der Waals surface area (Å²) >= 11 is 0. The molecule has 0 N–H and O–H groups in total. The molecular weight excluding hydrogens is 472 g/mol. The lowest BCUT2D eigenvalue weighted by Crippen LogP contribution is -2.29. The average molecular weight is 493 g/mol. The number of benzene rings is 3. The van der Waals surface area contributed by atoms with Gasteiger partial charge < -0.3 is 9.47 Å². The summed E-state index contributed by atoms with van der Waals surface area (Å²) in [6.45, 7) is 3.75. The van der Waals surface area contributed by atoms with E-state index in [9.17, 15) is 23.3 Å². The van der Waals surface area contributed by atoms with E-state index in [-0.39, 0.29) is 18.0 Å². The van der Waals surface area contributed by atoms with Crippen LogP contribution in [0.2, 0.25) is 0 Å². The SMILES string of the molecule is Cc1cc(C)cc(N2C(=O)/C(=C/c3ccc4c(c3)OCO4)S(=O)(=O)[C@@H]2c2cccc([N+](=O)[O-])c2)c1. The Bertz CT molecular complexity index is 1510. The van der Waals surface area contributed by atoms with Crippen LogP contribution in [0.5, 0.6) is 11.5 Å². The van der Waals surface area contributed by atoms with Crippen LogP contribution in [-0.2, 0) is 14.6 Å². The minimum atomic E-state index is -4.27. The first-order valence-electron chi connectivity index (χ1n) is 10.7. The number of anilines is 1. The molecule has 1 amide bonds. The monoisotopic (exact) mass is 492 g/mol. The molecule has 2 heterocycles. The van der Waals surface area contributed by atoms with Crippen molar-refractivity contribution in [1.29, 1.82) is 0 Å². The third-order valence-corrected chi connectivity index (χ3v) is 7.79. The molecule has 35 heavy (non-hydrogen) atoms. The molecule has 0 aromatic heterocycles. The van der Waals surface area contributed by atoms with E-state index in [1.165, 1.54) is 35.2 Å². The van der Waals surface area contributed by atoms with Crippen molar-refractivity contribution in [2.75, 3.05) is 11.7 Å². The van der Waals surface area contributed by atoms with Crippen molar-refractivity contribution < 1.29 is 27.6 Å². The molecule has 0 aliphatic carbocycles. The van der Waals surface area contributed by atoms with Gasteiger partial charge in [-0.15, -0.1) is 0 Å². The number of hydrogen-bond donors (Lipinski definition) is 0. The van der Waals surface area contributed by atoms with Crippen molar-refractivity contribution in [2.24, 2.45) is 0 Å². The lowest BCUT2D eigenvalue weighted by atomic mass is 10.1. The van der Waals surface area contributed by atoms with Gasteiger partial charge in [0.25, 0.3) is 11.6 Å². The summed E-state index contributed by atoms with van der Waals surface area (Å²) in [6, 6.07) is 15.6. The molecule has 178 valence electrons. The van der Waals surface area contributed by atoms with Crippen LogP contribution >= 0.6 is 0 Å². The smallest absolute Gasteiger partial charge is 0.271 e. The quantitative estimate of drug-likeness (QED) is 0.300. The van der Waals surface area contributed by atoms with E-state index in [2.05, 4.69) is 0 Å². The molecule has 3 aromatic carbocycles. The zero-order chi connectivity index (χ0) is 24.9. The highest BCUT2D eigenvalue weighted by Crippen LogP contribution is 2.45. The van der Waals surface area contributed by atoms with Crippen LogP contribution in [0.25, 0.3) is 6.08 Å². The summed E-state index contributed by atoms with van der Waals surface area (Å²) in [4.78, 5) is 25.2. The van der Waals surface area contributed by atoms with E-state index in [0.717, 1.165) is 11.1 Å². The summed E-state index contributed by atoms with van der Waals surface area (Å²) in [5.41, 5.74) is 2.38. The number of aryl methyl sites for hydroxylation is 2. The van der Waals surface area contributed by atoms with Gasteiger partial charge >= 0.3 is 0 Å². The number of amides is 1. The van der Waals surface area contributed by atoms with E-state index < -0.39 is 30.9 Å². The Balaban J connectivity index is 1.70. The largest absolute Gasteiger partial charge is 0.454 e. The average Bonchev–Trinajstić information content (AvgIpc) is 3.34. The highest BCUT2D eigenvalue weighted by atomic mass is 32.2. The minimum Gasteiger partial charge on any atom is -0.454 e. The second-order valence-corrected chi connectivity index (χ2v) is 10.4. The zero-order valence-corrected chi connectivity index (χ0v) is 19.6. The van der Waals surface area contributed by atoms with Gasteiger partial charge in [0, 0.05) is 17.8 Å². The predicted octanol–water partition coefficient (Wildman–Crippen LogP) is 4.44. The van der Waals surface area contributed by atoms with Crippen LogP contribution in [0.15, 0.2) is 65.6 Å². The fourth-order valence-electron chi connectivity index (χ4n) is 4.37. The third kappa shape index (κ3) is 3.91. The van der Waals surface area contributed by atoms with E-state index in [4.69, 9.17) is 9.47 Å². The van der Waals surface area contributed by atoms with Gasteiger partial charge in [0.15, 0.2) is 16.9 Å². The highest BCUT2D eigenvalue weighted by Gasteiger charge is 2.50. The van der Waals surface area contributed by atoms with Crippen LogP contribution in [0.1, 0.15) is 27.6 Å². The second-order valence-electron chi connectivity index (χ2n) is 8.39. The molecule has 0 radical (unpaired) electrons. The van der Waals surface area contributed by atoms with E-state index in [1.54, 1.807) is 30.3 Å². The predicted molar refractivity (Wildman–Crippen MR) is 129 cm³/mol. The number of non-ortho nitro benzene ring substituents is 1. The molecule has 1 atom stereocenters. The molecule has 5 rings (SSSR count). The molecule has 10 heteroatoms. The number of ether oxygens (including phenoxy) is 2. The number of hydrogen-bond acceptors (Lipinski definition) is 7. The van der Waals surface area contributed by atoms with Crippen molar-refractivity contribution in [3.63, 3.8) is 0 Å². The summed E-state index contributed by atoms with van der Waals surface area (Å²) in [6.07, 6.45) is 1.30.